The minimum atomic E-state index is 0.149. The third-order valence-electron chi connectivity index (χ3n) is 3.06. The summed E-state index contributed by atoms with van der Waals surface area (Å²) in [6.45, 7) is 6.61. The number of rotatable bonds is 1. The summed E-state index contributed by atoms with van der Waals surface area (Å²) in [5, 5.41) is 0. The summed E-state index contributed by atoms with van der Waals surface area (Å²) in [4.78, 5) is 4.33. The molecule has 0 unspecified atom stereocenters. The highest BCUT2D eigenvalue weighted by atomic mass is 14.7. The fourth-order valence-electron chi connectivity index (χ4n) is 1.77. The third kappa shape index (κ3) is 1.82. The van der Waals surface area contributed by atoms with E-state index in [9.17, 15) is 0 Å². The maximum absolute atomic E-state index is 4.33. The second-order valence-electron chi connectivity index (χ2n) is 5.29. The zero-order chi connectivity index (χ0) is 10.2. The number of nitrogens with zero attached hydrogens (tertiary/aromatic N) is 1. The van der Waals surface area contributed by atoms with Crippen molar-refractivity contribution in [3.8, 4) is 0 Å². The molecule has 0 aliphatic heterocycles. The molecule has 14 heavy (non-hydrogen) atoms. The zero-order valence-electron chi connectivity index (χ0n) is 9.30. The van der Waals surface area contributed by atoms with Crippen molar-refractivity contribution in [1.29, 1.82) is 0 Å². The second kappa shape index (κ2) is 3.38. The molecule has 1 fully saturated rings. The topological polar surface area (TPSA) is 12.9 Å². The van der Waals surface area contributed by atoms with Crippen LogP contribution in [0, 0.1) is 6.20 Å². The van der Waals surface area contributed by atoms with Crippen molar-refractivity contribution in [2.75, 3.05) is 0 Å². The first kappa shape index (κ1) is 9.70. The molecule has 1 aliphatic rings. The van der Waals surface area contributed by atoms with E-state index in [1.54, 1.807) is 0 Å². The molecule has 0 saturated heterocycles. The van der Waals surface area contributed by atoms with E-state index in [0.717, 1.165) is 5.92 Å². The lowest BCUT2D eigenvalue weighted by Gasteiger charge is -2.27. The molecule has 1 aromatic rings. The quantitative estimate of drug-likeness (QED) is 0.657. The van der Waals surface area contributed by atoms with Crippen molar-refractivity contribution >= 4 is 0 Å². The first-order valence-electron chi connectivity index (χ1n) is 5.46. The summed E-state index contributed by atoms with van der Waals surface area (Å²) in [5.41, 5.74) is 2.76. The van der Waals surface area contributed by atoms with Crippen LogP contribution in [0.1, 0.15) is 57.2 Å². The van der Waals surface area contributed by atoms with Crippen LogP contribution in [-0.2, 0) is 5.41 Å². The molecule has 1 heterocycles. The monoisotopic (exact) mass is 188 g/mol. The molecule has 1 heteroatoms. The normalized spacial score (nSPS) is 17.9. The summed E-state index contributed by atoms with van der Waals surface area (Å²) >= 11 is 0. The minimum absolute atomic E-state index is 0.149. The largest absolute Gasteiger partial charge is 0.251 e. The Labute approximate surface area is 86.6 Å². The fourth-order valence-corrected chi connectivity index (χ4v) is 1.77. The highest BCUT2D eigenvalue weighted by Gasteiger charge is 2.22. The molecule has 2 rings (SSSR count). The van der Waals surface area contributed by atoms with Crippen molar-refractivity contribution in [3.63, 3.8) is 0 Å². The van der Waals surface area contributed by atoms with Crippen LogP contribution in [0.3, 0.4) is 0 Å². The van der Waals surface area contributed by atoms with Crippen molar-refractivity contribution in [3.05, 3.63) is 29.6 Å². The number of hydrogen-bond acceptors (Lipinski definition) is 1. The van der Waals surface area contributed by atoms with Gasteiger partial charge in [-0.25, -0.2) is 0 Å². The second-order valence-corrected chi connectivity index (χ2v) is 5.29. The van der Waals surface area contributed by atoms with Crippen LogP contribution in [-0.4, -0.2) is 4.98 Å². The van der Waals surface area contributed by atoms with E-state index in [4.69, 9.17) is 0 Å². The standard InChI is InChI=1S/C13H18N/c1-13(2,3)12-9-11(7-8-14-12)10-5-4-6-10/h7,9-10H,4-6H2,1-3H3. The molecule has 1 aliphatic carbocycles. The van der Waals surface area contributed by atoms with Gasteiger partial charge in [-0.05, 0) is 36.5 Å². The number of aromatic nitrogens is 1. The van der Waals surface area contributed by atoms with Gasteiger partial charge in [-0.3, -0.25) is 4.98 Å². The van der Waals surface area contributed by atoms with Gasteiger partial charge in [0.2, 0.25) is 0 Å². The average molecular weight is 188 g/mol. The Kier molecular flexibility index (Phi) is 2.34. The fraction of sp³-hybridized carbons (Fsp3) is 0.615. The molecule has 1 aromatic heterocycles. The van der Waals surface area contributed by atoms with Gasteiger partial charge in [0.05, 0.1) is 6.20 Å². The van der Waals surface area contributed by atoms with Gasteiger partial charge in [0.15, 0.2) is 0 Å². The average Bonchev–Trinajstić information content (AvgIpc) is 2.00. The molecule has 0 N–H and O–H groups in total. The molecule has 0 bridgehead atoms. The molecular formula is C13H18N. The van der Waals surface area contributed by atoms with Crippen LogP contribution >= 0.6 is 0 Å². The summed E-state index contributed by atoms with van der Waals surface area (Å²) in [6.07, 6.45) is 7.12. The summed E-state index contributed by atoms with van der Waals surface area (Å²) in [5.74, 6) is 0.787. The van der Waals surface area contributed by atoms with Crippen LogP contribution in [0.2, 0.25) is 0 Å². The summed E-state index contributed by atoms with van der Waals surface area (Å²) in [6, 6.07) is 4.32. The Bertz CT molecular complexity index is 318. The maximum atomic E-state index is 4.33. The Morgan fingerprint density at radius 2 is 2.07 bits per heavy atom. The SMILES string of the molecule is CC(C)(C)c1cc(C2CCC2)c[c]n1. The Morgan fingerprint density at radius 1 is 1.36 bits per heavy atom. The van der Waals surface area contributed by atoms with Gasteiger partial charge in [0, 0.05) is 11.1 Å². The van der Waals surface area contributed by atoms with Crippen molar-refractivity contribution in [2.45, 2.75) is 51.4 Å². The molecule has 0 amide bonds. The highest BCUT2D eigenvalue weighted by molar-refractivity contribution is 5.25. The van der Waals surface area contributed by atoms with Gasteiger partial charge in [-0.2, -0.15) is 0 Å². The molecule has 0 atom stereocenters. The van der Waals surface area contributed by atoms with Gasteiger partial charge in [0.25, 0.3) is 0 Å². The molecule has 1 nitrogen and oxygen atoms in total. The molecule has 0 aromatic carbocycles. The van der Waals surface area contributed by atoms with E-state index in [2.05, 4.69) is 44.1 Å². The lowest BCUT2D eigenvalue weighted by molar-refractivity contribution is 0.418. The number of hydrogen-bond donors (Lipinski definition) is 0. The van der Waals surface area contributed by atoms with E-state index < -0.39 is 0 Å². The Hall–Kier alpha value is -0.850. The lowest BCUT2D eigenvalue weighted by atomic mass is 9.79. The van der Waals surface area contributed by atoms with E-state index in [1.807, 2.05) is 0 Å². The van der Waals surface area contributed by atoms with Crippen LogP contribution in [0.25, 0.3) is 0 Å². The van der Waals surface area contributed by atoms with E-state index >= 15 is 0 Å². The van der Waals surface area contributed by atoms with Crippen molar-refractivity contribution < 1.29 is 0 Å². The van der Waals surface area contributed by atoms with Gasteiger partial charge in [0.1, 0.15) is 0 Å². The predicted molar refractivity (Wildman–Crippen MR) is 58.4 cm³/mol. The number of pyridine rings is 1. The third-order valence-corrected chi connectivity index (χ3v) is 3.06. The Balaban J connectivity index is 2.26. The molecule has 1 radical (unpaired) electrons. The van der Waals surface area contributed by atoms with Crippen LogP contribution in [0.4, 0.5) is 0 Å². The van der Waals surface area contributed by atoms with E-state index in [-0.39, 0.29) is 5.41 Å². The summed E-state index contributed by atoms with van der Waals surface area (Å²) < 4.78 is 0. The van der Waals surface area contributed by atoms with Gasteiger partial charge in [-0.15, -0.1) is 0 Å². The lowest BCUT2D eigenvalue weighted by Crippen LogP contribution is -2.16. The molecular weight excluding hydrogens is 170 g/mol. The molecule has 0 spiro atoms. The van der Waals surface area contributed by atoms with Gasteiger partial charge < -0.3 is 0 Å². The van der Waals surface area contributed by atoms with E-state index in [1.165, 1.54) is 30.5 Å². The van der Waals surface area contributed by atoms with Gasteiger partial charge >= 0.3 is 0 Å². The van der Waals surface area contributed by atoms with Crippen LogP contribution < -0.4 is 0 Å². The smallest absolute Gasteiger partial charge is 0.0892 e. The van der Waals surface area contributed by atoms with Crippen LogP contribution in [0.5, 0.6) is 0 Å². The molecule has 1 saturated carbocycles. The minimum Gasteiger partial charge on any atom is -0.251 e. The summed E-state index contributed by atoms with van der Waals surface area (Å²) in [7, 11) is 0. The van der Waals surface area contributed by atoms with Crippen LogP contribution in [0.15, 0.2) is 12.1 Å². The molecule has 75 valence electrons. The highest BCUT2D eigenvalue weighted by Crippen LogP contribution is 2.37. The zero-order valence-corrected chi connectivity index (χ0v) is 9.30. The van der Waals surface area contributed by atoms with E-state index in [0.29, 0.717) is 0 Å². The maximum Gasteiger partial charge on any atom is 0.0892 e. The first-order chi connectivity index (χ1) is 6.57. The predicted octanol–water partition coefficient (Wildman–Crippen LogP) is 3.45. The van der Waals surface area contributed by atoms with Crippen molar-refractivity contribution in [1.82, 2.24) is 4.98 Å². The Morgan fingerprint density at radius 3 is 2.57 bits per heavy atom. The first-order valence-corrected chi connectivity index (χ1v) is 5.46. The van der Waals surface area contributed by atoms with Crippen molar-refractivity contribution in [2.24, 2.45) is 0 Å². The van der Waals surface area contributed by atoms with Gasteiger partial charge in [-0.1, -0.05) is 27.2 Å².